The van der Waals surface area contributed by atoms with E-state index in [2.05, 4.69) is 53.8 Å². The Morgan fingerprint density at radius 2 is 1.97 bits per heavy atom. The molecule has 6 nitrogen and oxygen atoms in total. The summed E-state index contributed by atoms with van der Waals surface area (Å²) in [5.41, 5.74) is 3.28. The lowest BCUT2D eigenvalue weighted by atomic mass is 9.92. The first-order valence-electron chi connectivity index (χ1n) is 10.7. The maximum absolute atomic E-state index is 10.7. The summed E-state index contributed by atoms with van der Waals surface area (Å²) in [5, 5.41) is 6.21. The van der Waals surface area contributed by atoms with E-state index < -0.39 is 0 Å². The van der Waals surface area contributed by atoms with E-state index >= 15 is 0 Å². The number of para-hydroxylation sites is 1. The molecule has 2 aromatic rings. The molecule has 2 unspecified atom stereocenters. The molecule has 1 amide bonds. The molecule has 0 radical (unpaired) electrons. The molecule has 1 aliphatic rings. The molecule has 170 valence electrons. The number of methoxy groups -OCH3 is 1. The van der Waals surface area contributed by atoms with Crippen LogP contribution in [0.3, 0.4) is 0 Å². The Hall–Kier alpha value is -3.54. The van der Waals surface area contributed by atoms with Gasteiger partial charge in [0.1, 0.15) is 12.0 Å². The third-order valence-corrected chi connectivity index (χ3v) is 5.27. The van der Waals surface area contributed by atoms with Gasteiger partial charge in [0.2, 0.25) is 5.91 Å². The van der Waals surface area contributed by atoms with E-state index in [9.17, 15) is 9.59 Å². The van der Waals surface area contributed by atoms with Crippen molar-refractivity contribution in [3.63, 3.8) is 0 Å². The fourth-order valence-corrected chi connectivity index (χ4v) is 3.42. The molecule has 0 fully saturated rings. The Kier molecular flexibility index (Phi) is 10.0. The predicted octanol–water partition coefficient (Wildman–Crippen LogP) is 4.26. The number of hydrogen-bond acceptors (Lipinski definition) is 5. The highest BCUT2D eigenvalue weighted by molar-refractivity contribution is 5.75. The highest BCUT2D eigenvalue weighted by Gasteiger charge is 2.26. The second kappa shape index (κ2) is 13.0. The van der Waals surface area contributed by atoms with Crippen LogP contribution in [0.2, 0.25) is 0 Å². The van der Waals surface area contributed by atoms with Crippen LogP contribution in [0.5, 0.6) is 5.75 Å². The van der Waals surface area contributed by atoms with Crippen molar-refractivity contribution >= 4 is 17.9 Å². The lowest BCUT2D eigenvalue weighted by molar-refractivity contribution is -0.118. The molecule has 0 aromatic heterocycles. The van der Waals surface area contributed by atoms with Crippen molar-refractivity contribution in [2.45, 2.75) is 32.4 Å². The van der Waals surface area contributed by atoms with E-state index in [1.807, 2.05) is 24.4 Å². The van der Waals surface area contributed by atoms with Gasteiger partial charge >= 0.3 is 0 Å². The Balaban J connectivity index is 0.000000303. The maximum atomic E-state index is 10.7. The zero-order valence-corrected chi connectivity index (χ0v) is 19.2. The van der Waals surface area contributed by atoms with Crippen LogP contribution in [0.4, 0.5) is 5.69 Å². The van der Waals surface area contributed by atoms with Gasteiger partial charge in [-0.2, -0.15) is 0 Å². The molecule has 0 spiro atoms. The number of carbonyl (C=O) groups is 2. The normalized spacial score (nSPS) is 17.3. The van der Waals surface area contributed by atoms with Crippen LogP contribution in [0.1, 0.15) is 42.2 Å². The zero-order chi connectivity index (χ0) is 23.3. The van der Waals surface area contributed by atoms with E-state index in [4.69, 9.17) is 4.74 Å². The number of amides is 1. The third kappa shape index (κ3) is 7.61. The van der Waals surface area contributed by atoms with Gasteiger partial charge in [-0.15, -0.1) is 0 Å². The summed E-state index contributed by atoms with van der Waals surface area (Å²) in [7, 11) is 3.73. The van der Waals surface area contributed by atoms with Gasteiger partial charge < -0.3 is 20.3 Å². The zero-order valence-electron chi connectivity index (χ0n) is 19.2. The second-order valence-corrected chi connectivity index (χ2v) is 7.59. The van der Waals surface area contributed by atoms with Crippen molar-refractivity contribution in [3.8, 4) is 5.75 Å². The van der Waals surface area contributed by atoms with Gasteiger partial charge in [0, 0.05) is 37.8 Å². The summed E-state index contributed by atoms with van der Waals surface area (Å²) in [6.07, 6.45) is 9.67. The molecule has 0 bridgehead atoms. The van der Waals surface area contributed by atoms with Crippen molar-refractivity contribution in [1.29, 1.82) is 0 Å². The summed E-state index contributed by atoms with van der Waals surface area (Å²) in [6.45, 7) is 4.33. The van der Waals surface area contributed by atoms with Gasteiger partial charge in [-0.3, -0.25) is 9.59 Å². The highest BCUT2D eigenvalue weighted by Crippen LogP contribution is 2.35. The Labute approximate surface area is 191 Å². The van der Waals surface area contributed by atoms with Gasteiger partial charge in [0.25, 0.3) is 0 Å². The number of rotatable bonds is 7. The van der Waals surface area contributed by atoms with Gasteiger partial charge in [-0.25, -0.2) is 0 Å². The van der Waals surface area contributed by atoms with Crippen LogP contribution in [0.15, 0.2) is 73.0 Å². The van der Waals surface area contributed by atoms with Crippen molar-refractivity contribution < 1.29 is 14.3 Å². The van der Waals surface area contributed by atoms with Crippen LogP contribution in [-0.2, 0) is 4.79 Å². The first-order valence-corrected chi connectivity index (χ1v) is 10.7. The Morgan fingerprint density at radius 3 is 2.69 bits per heavy atom. The number of nitrogens with one attached hydrogen (secondary N) is 2. The number of nitrogens with zero attached hydrogens (tertiary/aromatic N) is 1. The van der Waals surface area contributed by atoms with Crippen molar-refractivity contribution in [2.75, 3.05) is 25.6 Å². The van der Waals surface area contributed by atoms with E-state index in [1.165, 1.54) is 18.2 Å². The number of carbonyl (C=O) groups excluding carboxylic acids is 2. The SMILES string of the molecule is CC(=O)NC/C=C\C=C/NC1CC(C)N(C)c2ccccc21.COc1cccc(C=O)c1. The molecule has 0 saturated carbocycles. The minimum Gasteiger partial charge on any atom is -0.497 e. The lowest BCUT2D eigenvalue weighted by Crippen LogP contribution is -2.38. The largest absolute Gasteiger partial charge is 0.497 e. The molecule has 2 N–H and O–H groups in total. The van der Waals surface area contributed by atoms with Crippen LogP contribution < -0.4 is 20.3 Å². The van der Waals surface area contributed by atoms with Crippen LogP contribution >= 0.6 is 0 Å². The quantitative estimate of drug-likeness (QED) is 0.502. The molecule has 1 aliphatic heterocycles. The minimum absolute atomic E-state index is 0.0105. The molecule has 32 heavy (non-hydrogen) atoms. The number of ether oxygens (including phenoxy) is 1. The molecule has 2 aromatic carbocycles. The van der Waals surface area contributed by atoms with Gasteiger partial charge in [0.15, 0.2) is 0 Å². The lowest BCUT2D eigenvalue weighted by Gasteiger charge is -2.38. The predicted molar refractivity (Wildman–Crippen MR) is 130 cm³/mol. The van der Waals surface area contributed by atoms with Crippen molar-refractivity contribution in [3.05, 3.63) is 84.1 Å². The van der Waals surface area contributed by atoms with Crippen LogP contribution in [0.25, 0.3) is 0 Å². The minimum atomic E-state index is -0.0105. The molecule has 0 saturated heterocycles. The number of aldehydes is 1. The molecule has 6 heteroatoms. The van der Waals surface area contributed by atoms with E-state index in [1.54, 1.807) is 31.4 Å². The van der Waals surface area contributed by atoms with Crippen molar-refractivity contribution in [1.82, 2.24) is 10.6 Å². The maximum Gasteiger partial charge on any atom is 0.217 e. The van der Waals surface area contributed by atoms with Crippen LogP contribution in [0, 0.1) is 0 Å². The first-order chi connectivity index (χ1) is 15.5. The Bertz CT molecular complexity index is 939. The molecule has 1 heterocycles. The summed E-state index contributed by atoms with van der Waals surface area (Å²) in [4.78, 5) is 23.3. The summed E-state index contributed by atoms with van der Waals surface area (Å²) >= 11 is 0. The number of allylic oxidation sites excluding steroid dienone is 2. The van der Waals surface area contributed by atoms with Gasteiger partial charge in [0.05, 0.1) is 13.2 Å². The number of anilines is 1. The summed E-state index contributed by atoms with van der Waals surface area (Å²) in [5.74, 6) is 0.702. The van der Waals surface area contributed by atoms with E-state index in [0.29, 0.717) is 29.9 Å². The van der Waals surface area contributed by atoms with E-state index in [-0.39, 0.29) is 5.91 Å². The average Bonchev–Trinajstić information content (AvgIpc) is 2.81. The number of hydrogen-bond donors (Lipinski definition) is 2. The third-order valence-electron chi connectivity index (χ3n) is 5.27. The summed E-state index contributed by atoms with van der Waals surface area (Å²) < 4.78 is 4.90. The number of benzene rings is 2. The topological polar surface area (TPSA) is 70.7 Å². The average molecular weight is 436 g/mol. The highest BCUT2D eigenvalue weighted by atomic mass is 16.5. The monoisotopic (exact) mass is 435 g/mol. The Morgan fingerprint density at radius 1 is 1.19 bits per heavy atom. The first kappa shape index (κ1) is 24.7. The van der Waals surface area contributed by atoms with Gasteiger partial charge in [-0.1, -0.05) is 42.5 Å². The fraction of sp³-hybridized carbons (Fsp3) is 0.308. The fourth-order valence-electron chi connectivity index (χ4n) is 3.42. The van der Waals surface area contributed by atoms with Gasteiger partial charge in [-0.05, 0) is 49.4 Å². The van der Waals surface area contributed by atoms with E-state index in [0.717, 1.165) is 12.7 Å². The smallest absolute Gasteiger partial charge is 0.217 e. The standard InChI is InChI=1S/C18H25N3O.C8H8O2/c1-14-13-17(16-9-5-6-10-18(16)21(14)3)20-12-8-4-7-11-19-15(2)22;1-10-8-4-2-3-7(5-8)6-9/h4-10,12,14,17,20H,11,13H2,1-3H3,(H,19,22);2-6H,1H3/b7-4-,12-8-;. The van der Waals surface area contributed by atoms with Crippen molar-refractivity contribution in [2.24, 2.45) is 0 Å². The summed E-state index contributed by atoms with van der Waals surface area (Å²) in [6, 6.07) is 16.4. The molecule has 2 atom stereocenters. The second-order valence-electron chi connectivity index (χ2n) is 7.59. The van der Waals surface area contributed by atoms with Crippen LogP contribution in [-0.4, -0.2) is 38.9 Å². The number of fused-ring (bicyclic) bond motifs is 1. The molecular formula is C26H33N3O3. The molecular weight excluding hydrogens is 402 g/mol. The molecule has 0 aliphatic carbocycles. The molecule has 3 rings (SSSR count).